The van der Waals surface area contributed by atoms with Crippen LogP contribution in [0.5, 0.6) is 0 Å². The van der Waals surface area contributed by atoms with Crippen LogP contribution in [0, 0.1) is 5.82 Å². The molecule has 0 spiro atoms. The number of nitrogens with zero attached hydrogens (tertiary/aromatic N) is 1. The SMILES string of the molecule is CN1C(=O)Cc2cc(C(Br)c3cccc(F)c3Br)ccc21. The van der Waals surface area contributed by atoms with Crippen LogP contribution < -0.4 is 4.90 Å². The molecule has 1 amide bonds. The van der Waals surface area contributed by atoms with Crippen molar-refractivity contribution in [1.82, 2.24) is 0 Å². The molecule has 1 aliphatic rings. The van der Waals surface area contributed by atoms with Gasteiger partial charge in [0.2, 0.25) is 5.91 Å². The van der Waals surface area contributed by atoms with Gasteiger partial charge in [-0.15, -0.1) is 0 Å². The summed E-state index contributed by atoms with van der Waals surface area (Å²) >= 11 is 6.91. The average molecular weight is 413 g/mol. The topological polar surface area (TPSA) is 20.3 Å². The van der Waals surface area contributed by atoms with Gasteiger partial charge in [-0.3, -0.25) is 4.79 Å². The van der Waals surface area contributed by atoms with Gasteiger partial charge >= 0.3 is 0 Å². The first kappa shape index (κ1) is 14.7. The van der Waals surface area contributed by atoms with Crippen LogP contribution >= 0.6 is 31.9 Å². The molecule has 0 aromatic heterocycles. The predicted molar refractivity (Wildman–Crippen MR) is 88.4 cm³/mol. The third-order valence-electron chi connectivity index (χ3n) is 3.73. The van der Waals surface area contributed by atoms with Gasteiger partial charge in [0.1, 0.15) is 5.82 Å². The molecule has 2 aromatic carbocycles. The summed E-state index contributed by atoms with van der Waals surface area (Å²) in [5.74, 6) is -0.187. The van der Waals surface area contributed by atoms with E-state index in [-0.39, 0.29) is 16.6 Å². The van der Waals surface area contributed by atoms with Crippen LogP contribution in [0.15, 0.2) is 40.9 Å². The zero-order valence-corrected chi connectivity index (χ0v) is 14.4. The highest BCUT2D eigenvalue weighted by Gasteiger charge is 2.25. The van der Waals surface area contributed by atoms with E-state index in [1.54, 1.807) is 18.0 Å². The fourth-order valence-electron chi connectivity index (χ4n) is 2.54. The number of halogens is 3. The number of anilines is 1. The summed E-state index contributed by atoms with van der Waals surface area (Å²) in [5, 5.41) is 0. The maximum Gasteiger partial charge on any atom is 0.231 e. The largest absolute Gasteiger partial charge is 0.315 e. The first-order valence-electron chi connectivity index (χ1n) is 6.46. The summed E-state index contributed by atoms with van der Waals surface area (Å²) in [4.78, 5) is 13.3. The zero-order chi connectivity index (χ0) is 15.1. The molecule has 2 aromatic rings. The number of rotatable bonds is 2. The van der Waals surface area contributed by atoms with E-state index in [0.29, 0.717) is 10.9 Å². The molecule has 1 heterocycles. The summed E-state index contributed by atoms with van der Waals surface area (Å²) in [5.41, 5.74) is 3.79. The van der Waals surface area contributed by atoms with Crippen LogP contribution in [0.3, 0.4) is 0 Å². The highest BCUT2D eigenvalue weighted by molar-refractivity contribution is 9.11. The fraction of sp³-hybridized carbons (Fsp3) is 0.188. The molecule has 0 N–H and O–H groups in total. The Bertz CT molecular complexity index is 732. The number of likely N-dealkylation sites (N-methyl/N-ethyl adjacent to an activating group) is 1. The Labute approximate surface area is 139 Å². The molecule has 0 aliphatic carbocycles. The summed E-state index contributed by atoms with van der Waals surface area (Å²) in [6.07, 6.45) is 0.420. The van der Waals surface area contributed by atoms with Gasteiger partial charge in [0.15, 0.2) is 0 Å². The quantitative estimate of drug-likeness (QED) is 0.660. The van der Waals surface area contributed by atoms with Gasteiger partial charge in [-0.1, -0.05) is 40.2 Å². The minimum absolute atomic E-state index is 0.0974. The lowest BCUT2D eigenvalue weighted by Crippen LogP contribution is -2.20. The monoisotopic (exact) mass is 411 g/mol. The van der Waals surface area contributed by atoms with Gasteiger partial charge in [0.05, 0.1) is 15.7 Å². The first-order chi connectivity index (χ1) is 9.99. The first-order valence-corrected chi connectivity index (χ1v) is 8.17. The minimum atomic E-state index is -0.284. The van der Waals surface area contributed by atoms with Crippen molar-refractivity contribution in [1.29, 1.82) is 0 Å². The Hall–Kier alpha value is -1.20. The molecule has 0 saturated heterocycles. The van der Waals surface area contributed by atoms with Crippen LogP contribution in [0.4, 0.5) is 10.1 Å². The van der Waals surface area contributed by atoms with Gasteiger partial charge in [-0.25, -0.2) is 4.39 Å². The molecule has 2 nitrogen and oxygen atoms in total. The highest BCUT2D eigenvalue weighted by atomic mass is 79.9. The summed E-state index contributed by atoms with van der Waals surface area (Å²) in [6.45, 7) is 0. The van der Waals surface area contributed by atoms with Crippen molar-refractivity contribution >= 4 is 43.5 Å². The minimum Gasteiger partial charge on any atom is -0.315 e. The molecule has 3 rings (SSSR count). The Morgan fingerprint density at radius 1 is 1.29 bits per heavy atom. The molecular formula is C16H12Br2FNO. The molecular weight excluding hydrogens is 401 g/mol. The number of carbonyl (C=O) groups is 1. The summed E-state index contributed by atoms with van der Waals surface area (Å²) in [7, 11) is 1.78. The Morgan fingerprint density at radius 3 is 2.81 bits per heavy atom. The van der Waals surface area contributed by atoms with E-state index in [0.717, 1.165) is 22.4 Å². The smallest absolute Gasteiger partial charge is 0.231 e. The summed E-state index contributed by atoms with van der Waals surface area (Å²) in [6, 6.07) is 10.9. The standard InChI is InChI=1S/C16H12Br2FNO/c1-20-13-6-5-9(7-10(13)8-14(20)21)15(17)11-3-2-4-12(19)16(11)18/h2-7,15H,8H2,1H3. The maximum atomic E-state index is 13.7. The van der Waals surface area contributed by atoms with Crippen molar-refractivity contribution in [2.75, 3.05) is 11.9 Å². The Balaban J connectivity index is 2.00. The number of benzene rings is 2. The second-order valence-corrected chi connectivity index (χ2v) is 6.73. The number of hydrogen-bond donors (Lipinski definition) is 0. The second-order valence-electron chi connectivity index (χ2n) is 5.02. The fourth-order valence-corrected chi connectivity index (χ4v) is 4.01. The lowest BCUT2D eigenvalue weighted by molar-refractivity contribution is -0.117. The highest BCUT2D eigenvalue weighted by Crippen LogP contribution is 2.39. The van der Waals surface area contributed by atoms with E-state index in [1.807, 2.05) is 24.3 Å². The average Bonchev–Trinajstić information content (AvgIpc) is 2.76. The molecule has 21 heavy (non-hydrogen) atoms. The van der Waals surface area contributed by atoms with Crippen molar-refractivity contribution in [3.63, 3.8) is 0 Å². The van der Waals surface area contributed by atoms with E-state index in [1.165, 1.54) is 6.07 Å². The third kappa shape index (κ3) is 2.53. The van der Waals surface area contributed by atoms with E-state index in [9.17, 15) is 9.18 Å². The number of hydrogen-bond acceptors (Lipinski definition) is 1. The van der Waals surface area contributed by atoms with Crippen LogP contribution in [0.1, 0.15) is 21.5 Å². The molecule has 1 unspecified atom stereocenters. The van der Waals surface area contributed by atoms with Crippen molar-refractivity contribution < 1.29 is 9.18 Å². The van der Waals surface area contributed by atoms with E-state index < -0.39 is 0 Å². The van der Waals surface area contributed by atoms with Crippen LogP contribution in [0.2, 0.25) is 0 Å². The third-order valence-corrected chi connectivity index (χ3v) is 5.59. The molecule has 108 valence electrons. The Morgan fingerprint density at radius 2 is 2.05 bits per heavy atom. The molecule has 0 radical (unpaired) electrons. The number of amides is 1. The van der Waals surface area contributed by atoms with Crippen LogP contribution in [-0.2, 0) is 11.2 Å². The van der Waals surface area contributed by atoms with Crippen molar-refractivity contribution in [2.24, 2.45) is 0 Å². The molecule has 0 fully saturated rings. The van der Waals surface area contributed by atoms with Gasteiger partial charge in [0, 0.05) is 12.7 Å². The zero-order valence-electron chi connectivity index (χ0n) is 11.2. The predicted octanol–water partition coefficient (Wildman–Crippen LogP) is 4.59. The van der Waals surface area contributed by atoms with E-state index >= 15 is 0 Å². The molecule has 5 heteroatoms. The number of fused-ring (bicyclic) bond motifs is 1. The van der Waals surface area contributed by atoms with Crippen molar-refractivity contribution in [3.05, 3.63) is 63.4 Å². The lowest BCUT2D eigenvalue weighted by Gasteiger charge is -2.15. The lowest BCUT2D eigenvalue weighted by atomic mass is 10.0. The van der Waals surface area contributed by atoms with Gasteiger partial charge in [-0.05, 0) is 44.8 Å². The second kappa shape index (κ2) is 5.54. The van der Waals surface area contributed by atoms with E-state index in [2.05, 4.69) is 31.9 Å². The van der Waals surface area contributed by atoms with E-state index in [4.69, 9.17) is 0 Å². The number of carbonyl (C=O) groups excluding carboxylic acids is 1. The molecule has 1 atom stereocenters. The van der Waals surface area contributed by atoms with Crippen LogP contribution in [0.25, 0.3) is 0 Å². The molecule has 0 saturated carbocycles. The summed E-state index contributed by atoms with van der Waals surface area (Å²) < 4.78 is 14.1. The van der Waals surface area contributed by atoms with Crippen molar-refractivity contribution in [3.8, 4) is 0 Å². The number of alkyl halides is 1. The van der Waals surface area contributed by atoms with Crippen molar-refractivity contribution in [2.45, 2.75) is 11.2 Å². The molecule has 0 bridgehead atoms. The van der Waals surface area contributed by atoms with Gasteiger partial charge in [-0.2, -0.15) is 0 Å². The van der Waals surface area contributed by atoms with Crippen LogP contribution in [-0.4, -0.2) is 13.0 Å². The maximum absolute atomic E-state index is 13.7. The Kier molecular flexibility index (Phi) is 3.88. The van der Waals surface area contributed by atoms with Gasteiger partial charge in [0.25, 0.3) is 0 Å². The normalized spacial score (nSPS) is 15.2. The molecule has 1 aliphatic heterocycles. The van der Waals surface area contributed by atoms with Gasteiger partial charge < -0.3 is 4.90 Å².